The third-order valence-corrected chi connectivity index (χ3v) is 4.22. The topological polar surface area (TPSA) is 49.8 Å². The van der Waals surface area contributed by atoms with Crippen molar-refractivity contribution in [3.05, 3.63) is 21.4 Å². The van der Waals surface area contributed by atoms with Gasteiger partial charge in [-0.15, -0.1) is 11.3 Å². The summed E-state index contributed by atoms with van der Waals surface area (Å²) in [5.74, 6) is 5.99. The first-order chi connectivity index (χ1) is 9.72. The Balaban J connectivity index is 2.10. The molecule has 2 heterocycles. The molecule has 0 spiro atoms. The molecule has 108 valence electrons. The van der Waals surface area contributed by atoms with Crippen molar-refractivity contribution >= 4 is 17.2 Å². The van der Waals surface area contributed by atoms with E-state index in [0.29, 0.717) is 19.6 Å². The normalized spacial score (nSPS) is 15.4. The van der Waals surface area contributed by atoms with E-state index in [2.05, 4.69) is 11.8 Å². The van der Waals surface area contributed by atoms with Gasteiger partial charge in [-0.25, -0.2) is 0 Å². The van der Waals surface area contributed by atoms with Crippen LogP contribution in [0.2, 0.25) is 0 Å². The molecule has 1 aliphatic rings. The Bertz CT molecular complexity index is 519. The summed E-state index contributed by atoms with van der Waals surface area (Å²) in [6.45, 7) is 4.77. The van der Waals surface area contributed by atoms with E-state index >= 15 is 0 Å². The van der Waals surface area contributed by atoms with Crippen LogP contribution < -0.4 is 0 Å². The fourth-order valence-corrected chi connectivity index (χ4v) is 3.03. The van der Waals surface area contributed by atoms with Crippen molar-refractivity contribution in [2.75, 3.05) is 32.9 Å². The van der Waals surface area contributed by atoms with E-state index < -0.39 is 0 Å². The molecule has 4 nitrogen and oxygen atoms in total. The quantitative estimate of drug-likeness (QED) is 0.844. The largest absolute Gasteiger partial charge is 0.395 e. The van der Waals surface area contributed by atoms with Crippen molar-refractivity contribution in [2.24, 2.45) is 0 Å². The van der Waals surface area contributed by atoms with Gasteiger partial charge in [0.05, 0.1) is 23.0 Å². The summed E-state index contributed by atoms with van der Waals surface area (Å²) >= 11 is 1.43. The number of hydrogen-bond acceptors (Lipinski definition) is 4. The van der Waals surface area contributed by atoms with Gasteiger partial charge in [0.1, 0.15) is 0 Å². The van der Waals surface area contributed by atoms with Crippen molar-refractivity contribution in [2.45, 2.75) is 19.8 Å². The molecule has 0 aliphatic carbocycles. The first-order valence-corrected chi connectivity index (χ1v) is 7.61. The van der Waals surface area contributed by atoms with E-state index in [1.807, 2.05) is 17.9 Å². The zero-order valence-electron chi connectivity index (χ0n) is 11.6. The number of hydrogen-bond donors (Lipinski definition) is 1. The number of rotatable bonds is 2. The molecule has 1 N–H and O–H groups in total. The van der Waals surface area contributed by atoms with Crippen molar-refractivity contribution < 1.29 is 14.6 Å². The number of aliphatic hydroxyl groups is 1. The average Bonchev–Trinajstić information content (AvgIpc) is 2.67. The van der Waals surface area contributed by atoms with E-state index in [1.54, 1.807) is 0 Å². The molecule has 0 aromatic carbocycles. The molecule has 1 aliphatic heterocycles. The van der Waals surface area contributed by atoms with Crippen LogP contribution in [0.1, 0.15) is 33.0 Å². The number of aryl methyl sites for hydroxylation is 1. The highest BCUT2D eigenvalue weighted by Gasteiger charge is 2.20. The predicted octanol–water partition coefficient (Wildman–Crippen LogP) is 1.65. The molecule has 0 unspecified atom stereocenters. The smallest absolute Gasteiger partial charge is 0.264 e. The van der Waals surface area contributed by atoms with Gasteiger partial charge in [-0.3, -0.25) is 4.79 Å². The first-order valence-electron chi connectivity index (χ1n) is 6.79. The van der Waals surface area contributed by atoms with E-state index in [4.69, 9.17) is 9.84 Å². The lowest BCUT2D eigenvalue weighted by Gasteiger charge is -2.18. The molecule has 5 heteroatoms. The molecule has 0 saturated carbocycles. The molecule has 1 fully saturated rings. The number of carbonyl (C=O) groups is 1. The van der Waals surface area contributed by atoms with Gasteiger partial charge in [0.15, 0.2) is 0 Å². The van der Waals surface area contributed by atoms with Crippen LogP contribution in [0.3, 0.4) is 0 Å². The zero-order valence-corrected chi connectivity index (χ0v) is 12.5. The van der Waals surface area contributed by atoms with Crippen molar-refractivity contribution in [3.8, 4) is 11.8 Å². The summed E-state index contributed by atoms with van der Waals surface area (Å²) in [6.07, 6.45) is 1.35. The minimum Gasteiger partial charge on any atom is -0.395 e. The second-order valence-electron chi connectivity index (χ2n) is 4.66. The standard InChI is InChI=1S/C15H19NO3S/c1-12-11-14(20-13(12)5-2-3-8-17)15(18)16-6-4-9-19-10-7-16/h11,17H,3-4,6-10H2,1H3. The highest BCUT2D eigenvalue weighted by atomic mass is 32.1. The van der Waals surface area contributed by atoms with Crippen molar-refractivity contribution in [1.29, 1.82) is 0 Å². The summed E-state index contributed by atoms with van der Waals surface area (Å²) in [4.78, 5) is 15.9. The highest BCUT2D eigenvalue weighted by molar-refractivity contribution is 7.14. The summed E-state index contributed by atoms with van der Waals surface area (Å²) < 4.78 is 5.37. The summed E-state index contributed by atoms with van der Waals surface area (Å²) in [5, 5.41) is 8.73. The second kappa shape index (κ2) is 7.44. The Labute approximate surface area is 123 Å². The summed E-state index contributed by atoms with van der Waals surface area (Å²) in [7, 11) is 0. The monoisotopic (exact) mass is 293 g/mol. The van der Waals surface area contributed by atoms with Gasteiger partial charge in [-0.05, 0) is 25.0 Å². The molecule has 1 aromatic heterocycles. The number of carbonyl (C=O) groups excluding carboxylic acids is 1. The van der Waals surface area contributed by atoms with Crippen LogP contribution in [0.5, 0.6) is 0 Å². The summed E-state index contributed by atoms with van der Waals surface area (Å²) in [5.41, 5.74) is 1.02. The minimum absolute atomic E-state index is 0.0665. The van der Waals surface area contributed by atoms with E-state index in [0.717, 1.165) is 34.9 Å². The van der Waals surface area contributed by atoms with Crippen molar-refractivity contribution in [3.63, 3.8) is 0 Å². The molecular weight excluding hydrogens is 274 g/mol. The SMILES string of the molecule is Cc1cc(C(=O)N2CCCOCC2)sc1C#CCCO. The van der Waals surface area contributed by atoms with Crippen molar-refractivity contribution in [1.82, 2.24) is 4.90 Å². The van der Waals surface area contributed by atoms with Gasteiger partial charge in [-0.2, -0.15) is 0 Å². The molecule has 0 atom stereocenters. The van der Waals surface area contributed by atoms with E-state index in [-0.39, 0.29) is 12.5 Å². The summed E-state index contributed by atoms with van der Waals surface area (Å²) in [6, 6.07) is 1.90. The number of thiophene rings is 1. The van der Waals surface area contributed by atoms with Gasteiger partial charge < -0.3 is 14.7 Å². The molecule has 2 rings (SSSR count). The maximum Gasteiger partial charge on any atom is 0.264 e. The van der Waals surface area contributed by atoms with Crippen LogP contribution in [0.25, 0.3) is 0 Å². The maximum atomic E-state index is 12.4. The molecular formula is C15H19NO3S. The van der Waals surface area contributed by atoms with E-state index in [1.165, 1.54) is 11.3 Å². The van der Waals surface area contributed by atoms with Gasteiger partial charge in [-0.1, -0.05) is 11.8 Å². The third-order valence-electron chi connectivity index (χ3n) is 3.08. The first kappa shape index (κ1) is 15.0. The molecule has 0 radical (unpaired) electrons. The lowest BCUT2D eigenvalue weighted by Crippen LogP contribution is -2.32. The van der Waals surface area contributed by atoms with Gasteiger partial charge in [0, 0.05) is 26.1 Å². The fourth-order valence-electron chi connectivity index (χ4n) is 2.02. The van der Waals surface area contributed by atoms with Crippen LogP contribution in [-0.2, 0) is 4.74 Å². The number of aliphatic hydroxyl groups excluding tert-OH is 1. The molecule has 1 aromatic rings. The Hall–Kier alpha value is -1.35. The van der Waals surface area contributed by atoms with Gasteiger partial charge in [0.2, 0.25) is 0 Å². The van der Waals surface area contributed by atoms with Crippen LogP contribution in [0.15, 0.2) is 6.07 Å². The minimum atomic E-state index is 0.0665. The zero-order chi connectivity index (χ0) is 14.4. The lowest BCUT2D eigenvalue weighted by molar-refractivity contribution is 0.0746. The van der Waals surface area contributed by atoms with E-state index in [9.17, 15) is 4.79 Å². The molecule has 0 bridgehead atoms. The van der Waals surface area contributed by atoms with Crippen LogP contribution >= 0.6 is 11.3 Å². The maximum absolute atomic E-state index is 12.4. The number of ether oxygens (including phenoxy) is 1. The van der Waals surface area contributed by atoms with Crippen LogP contribution in [0, 0.1) is 18.8 Å². The van der Waals surface area contributed by atoms with Crippen LogP contribution in [0.4, 0.5) is 0 Å². The Kier molecular flexibility index (Phi) is 5.60. The number of nitrogens with zero attached hydrogens (tertiary/aromatic N) is 1. The number of amides is 1. The van der Waals surface area contributed by atoms with Crippen LogP contribution in [-0.4, -0.2) is 48.8 Å². The predicted molar refractivity (Wildman–Crippen MR) is 79.0 cm³/mol. The highest BCUT2D eigenvalue weighted by Crippen LogP contribution is 2.23. The molecule has 20 heavy (non-hydrogen) atoms. The lowest BCUT2D eigenvalue weighted by atomic mass is 10.2. The molecule has 1 saturated heterocycles. The average molecular weight is 293 g/mol. The Morgan fingerprint density at radius 2 is 2.35 bits per heavy atom. The van der Waals surface area contributed by atoms with Gasteiger partial charge >= 0.3 is 0 Å². The molecule has 1 amide bonds. The third kappa shape index (κ3) is 3.83. The Morgan fingerprint density at radius 1 is 1.50 bits per heavy atom. The van der Waals surface area contributed by atoms with Gasteiger partial charge in [0.25, 0.3) is 5.91 Å². The second-order valence-corrected chi connectivity index (χ2v) is 5.71. The fraction of sp³-hybridized carbons (Fsp3) is 0.533. The Morgan fingerprint density at radius 3 is 3.15 bits per heavy atom.